The molecule has 0 fully saturated rings. The predicted molar refractivity (Wildman–Crippen MR) is 75.9 cm³/mol. The Morgan fingerprint density at radius 2 is 1.91 bits per heavy atom. The molecule has 5 nitrogen and oxygen atoms in total. The molecule has 0 aromatic heterocycles. The van der Waals surface area contributed by atoms with Gasteiger partial charge >= 0.3 is 6.18 Å². The fraction of sp³-hybridized carbons (Fsp3) is 0.333. The van der Waals surface area contributed by atoms with Crippen LogP contribution in [0.3, 0.4) is 0 Å². The first kappa shape index (κ1) is 18.5. The van der Waals surface area contributed by atoms with Crippen LogP contribution in [0.25, 0.3) is 0 Å². The molecule has 1 aromatic carbocycles. The van der Waals surface area contributed by atoms with E-state index in [2.05, 4.69) is 16.6 Å². The van der Waals surface area contributed by atoms with Crippen LogP contribution in [0.2, 0.25) is 0 Å². The molecule has 1 rings (SSSR count). The highest BCUT2D eigenvalue weighted by atomic mass is 19.4. The molecule has 0 aliphatic carbocycles. The minimum Gasteiger partial charge on any atom is -0.387 e. The largest absolute Gasteiger partial charge is 0.416 e. The Kier molecular flexibility index (Phi) is 6.60. The van der Waals surface area contributed by atoms with E-state index < -0.39 is 36.1 Å². The molecule has 2 amide bonds. The third-order valence-electron chi connectivity index (χ3n) is 2.80. The molecule has 124 valence electrons. The summed E-state index contributed by atoms with van der Waals surface area (Å²) in [6.07, 6.45) is -1.40. The molecule has 0 saturated heterocycles. The van der Waals surface area contributed by atoms with Gasteiger partial charge in [-0.3, -0.25) is 9.59 Å². The highest BCUT2D eigenvalue weighted by molar-refractivity contribution is 5.96. The molecule has 0 spiro atoms. The number of carbonyl (C=O) groups is 2. The first-order valence-electron chi connectivity index (χ1n) is 6.56. The maximum Gasteiger partial charge on any atom is 0.416 e. The zero-order valence-corrected chi connectivity index (χ0v) is 12.0. The van der Waals surface area contributed by atoms with Crippen molar-refractivity contribution in [1.82, 2.24) is 10.6 Å². The summed E-state index contributed by atoms with van der Waals surface area (Å²) in [5.74, 6) is 0.901. The highest BCUT2D eigenvalue weighted by Gasteiger charge is 2.30. The van der Waals surface area contributed by atoms with Crippen LogP contribution in [-0.4, -0.2) is 30.0 Å². The van der Waals surface area contributed by atoms with E-state index in [9.17, 15) is 27.9 Å². The van der Waals surface area contributed by atoms with E-state index in [1.54, 1.807) is 0 Å². The molecular weight excluding hydrogens is 313 g/mol. The fourth-order valence-electron chi connectivity index (χ4n) is 1.67. The number of aliphatic hydroxyl groups excluding tert-OH is 1. The van der Waals surface area contributed by atoms with Gasteiger partial charge in [0.05, 0.1) is 18.2 Å². The van der Waals surface area contributed by atoms with Crippen LogP contribution >= 0.6 is 0 Å². The lowest BCUT2D eigenvalue weighted by atomic mass is 10.1. The van der Waals surface area contributed by atoms with Crippen molar-refractivity contribution in [1.29, 1.82) is 0 Å². The van der Waals surface area contributed by atoms with Gasteiger partial charge in [-0.25, -0.2) is 0 Å². The molecule has 0 aliphatic heterocycles. The van der Waals surface area contributed by atoms with Gasteiger partial charge in [-0.2, -0.15) is 13.2 Å². The standard InChI is InChI=1S/C15H15F3N2O3/c1-2-6-19-13(22)8-14(23)20-9-12(21)10-4-3-5-11(7-10)15(16,17)18/h1,3-5,7,12,21H,6,8-9H2,(H,19,22)(H,20,23). The summed E-state index contributed by atoms with van der Waals surface area (Å²) >= 11 is 0. The van der Waals surface area contributed by atoms with E-state index in [0.29, 0.717) is 0 Å². The molecule has 0 bridgehead atoms. The number of amides is 2. The number of terminal acetylenes is 1. The second-order valence-corrected chi connectivity index (χ2v) is 4.60. The fourth-order valence-corrected chi connectivity index (χ4v) is 1.67. The topological polar surface area (TPSA) is 78.4 Å². The number of nitrogens with one attached hydrogen (secondary N) is 2. The molecule has 0 radical (unpaired) electrons. The Hall–Kier alpha value is -2.53. The van der Waals surface area contributed by atoms with Crippen molar-refractivity contribution >= 4 is 11.8 Å². The van der Waals surface area contributed by atoms with Gasteiger partial charge in [-0.15, -0.1) is 6.42 Å². The van der Waals surface area contributed by atoms with Crippen LogP contribution in [0.4, 0.5) is 13.2 Å². The third kappa shape index (κ3) is 6.40. The van der Waals surface area contributed by atoms with Gasteiger partial charge in [0.1, 0.15) is 6.42 Å². The maximum absolute atomic E-state index is 12.6. The third-order valence-corrected chi connectivity index (χ3v) is 2.80. The lowest BCUT2D eigenvalue weighted by Crippen LogP contribution is -2.34. The zero-order valence-electron chi connectivity index (χ0n) is 12.0. The van der Waals surface area contributed by atoms with Crippen molar-refractivity contribution < 1.29 is 27.9 Å². The lowest BCUT2D eigenvalue weighted by molar-refractivity contribution is -0.137. The van der Waals surface area contributed by atoms with E-state index in [1.165, 1.54) is 6.07 Å². The van der Waals surface area contributed by atoms with Crippen LogP contribution in [-0.2, 0) is 15.8 Å². The quantitative estimate of drug-likeness (QED) is 0.538. The van der Waals surface area contributed by atoms with Crippen LogP contribution in [0.1, 0.15) is 23.7 Å². The monoisotopic (exact) mass is 328 g/mol. The lowest BCUT2D eigenvalue weighted by Gasteiger charge is -2.14. The number of rotatable bonds is 6. The van der Waals surface area contributed by atoms with Gasteiger partial charge in [0, 0.05) is 6.54 Å². The number of hydrogen-bond donors (Lipinski definition) is 3. The van der Waals surface area contributed by atoms with Crippen LogP contribution in [0.5, 0.6) is 0 Å². The molecule has 0 heterocycles. The maximum atomic E-state index is 12.6. The molecule has 3 N–H and O–H groups in total. The molecule has 1 atom stereocenters. The number of benzene rings is 1. The summed E-state index contributed by atoms with van der Waals surface area (Å²) in [5.41, 5.74) is -0.883. The van der Waals surface area contributed by atoms with Gasteiger partial charge in [-0.1, -0.05) is 18.1 Å². The van der Waals surface area contributed by atoms with Crippen molar-refractivity contribution in [2.45, 2.75) is 18.7 Å². The Balaban J connectivity index is 2.54. The van der Waals surface area contributed by atoms with Crippen LogP contribution in [0.15, 0.2) is 24.3 Å². The summed E-state index contributed by atoms with van der Waals surface area (Å²) in [6.45, 7) is -0.332. The molecule has 1 aromatic rings. The Bertz CT molecular complexity index is 609. The highest BCUT2D eigenvalue weighted by Crippen LogP contribution is 2.30. The number of halogens is 3. The molecule has 0 aliphatic rings. The second-order valence-electron chi connectivity index (χ2n) is 4.60. The molecular formula is C15H15F3N2O3. The zero-order chi connectivity index (χ0) is 17.5. The summed E-state index contributed by atoms with van der Waals surface area (Å²) in [4.78, 5) is 22.7. The normalized spacial score (nSPS) is 12.1. The number of carbonyl (C=O) groups excluding carboxylic acids is 2. The number of hydrogen-bond acceptors (Lipinski definition) is 3. The number of aliphatic hydroxyl groups is 1. The van der Waals surface area contributed by atoms with Gasteiger partial charge in [0.15, 0.2) is 0 Å². The Labute approximate surface area is 130 Å². The average Bonchev–Trinajstić information content (AvgIpc) is 2.50. The van der Waals surface area contributed by atoms with E-state index in [1.807, 2.05) is 0 Å². The van der Waals surface area contributed by atoms with Crippen molar-refractivity contribution in [3.05, 3.63) is 35.4 Å². The Morgan fingerprint density at radius 3 is 2.52 bits per heavy atom. The van der Waals surface area contributed by atoms with Crippen molar-refractivity contribution in [3.8, 4) is 12.3 Å². The molecule has 1 unspecified atom stereocenters. The predicted octanol–water partition coefficient (Wildman–Crippen LogP) is 0.995. The SMILES string of the molecule is C#CCNC(=O)CC(=O)NCC(O)c1cccc(C(F)(F)F)c1. The van der Waals surface area contributed by atoms with E-state index >= 15 is 0 Å². The summed E-state index contributed by atoms with van der Waals surface area (Å²) in [6, 6.07) is 4.16. The Morgan fingerprint density at radius 1 is 1.26 bits per heavy atom. The van der Waals surface area contributed by atoms with Gasteiger partial charge in [0.25, 0.3) is 0 Å². The van der Waals surface area contributed by atoms with E-state index in [4.69, 9.17) is 6.42 Å². The second kappa shape index (κ2) is 8.19. The van der Waals surface area contributed by atoms with Crippen LogP contribution in [0, 0.1) is 12.3 Å². The summed E-state index contributed by atoms with van der Waals surface area (Å²) in [7, 11) is 0. The van der Waals surface area contributed by atoms with Crippen molar-refractivity contribution in [3.63, 3.8) is 0 Å². The molecule has 23 heavy (non-hydrogen) atoms. The first-order chi connectivity index (χ1) is 10.7. The summed E-state index contributed by atoms with van der Waals surface area (Å²) in [5, 5.41) is 14.4. The molecule has 0 saturated carbocycles. The minimum absolute atomic E-state index is 0.0110. The van der Waals surface area contributed by atoms with Gasteiger partial charge in [-0.05, 0) is 17.7 Å². The van der Waals surface area contributed by atoms with Gasteiger partial charge in [0.2, 0.25) is 11.8 Å². The minimum atomic E-state index is -4.52. The van der Waals surface area contributed by atoms with Crippen molar-refractivity contribution in [2.24, 2.45) is 0 Å². The number of alkyl halides is 3. The van der Waals surface area contributed by atoms with Crippen molar-refractivity contribution in [2.75, 3.05) is 13.1 Å². The smallest absolute Gasteiger partial charge is 0.387 e. The first-order valence-corrected chi connectivity index (χ1v) is 6.56. The summed E-state index contributed by atoms with van der Waals surface area (Å²) < 4.78 is 37.7. The van der Waals surface area contributed by atoms with E-state index in [0.717, 1.165) is 18.2 Å². The van der Waals surface area contributed by atoms with E-state index in [-0.39, 0.29) is 18.7 Å². The average molecular weight is 328 g/mol. The van der Waals surface area contributed by atoms with Crippen LogP contribution < -0.4 is 10.6 Å². The van der Waals surface area contributed by atoms with Gasteiger partial charge < -0.3 is 15.7 Å². The molecule has 8 heteroatoms.